The molecule has 0 aliphatic heterocycles. The Morgan fingerprint density at radius 1 is 0.833 bits per heavy atom. The van der Waals surface area contributed by atoms with Gasteiger partial charge in [-0.2, -0.15) is 0 Å². The summed E-state index contributed by atoms with van der Waals surface area (Å²) >= 11 is 0. The predicted octanol–water partition coefficient (Wildman–Crippen LogP) is 4.71. The van der Waals surface area contributed by atoms with Crippen molar-refractivity contribution in [3.05, 3.63) is 46.5 Å². The first-order chi connectivity index (χ1) is 14.3. The summed E-state index contributed by atoms with van der Waals surface area (Å²) in [4.78, 5) is 24.3. The number of hydrogen-bond donors (Lipinski definition) is 3. The first-order valence-corrected chi connectivity index (χ1v) is 10.0. The minimum absolute atomic E-state index is 0.0145. The van der Waals surface area contributed by atoms with Crippen molar-refractivity contribution in [1.29, 1.82) is 0 Å². The second-order valence-electron chi connectivity index (χ2n) is 7.06. The Balaban J connectivity index is 2.40. The zero-order valence-electron chi connectivity index (χ0n) is 17.5. The number of phenols is 2. The zero-order valence-corrected chi connectivity index (χ0v) is 17.5. The molecule has 2 rings (SSSR count). The molecule has 7 heteroatoms. The second kappa shape index (κ2) is 10.5. The Kier molecular flexibility index (Phi) is 8.09. The van der Waals surface area contributed by atoms with Crippen LogP contribution in [0.3, 0.4) is 0 Å². The summed E-state index contributed by atoms with van der Waals surface area (Å²) < 4.78 is 10.6. The fourth-order valence-electron chi connectivity index (χ4n) is 3.36. The Labute approximate surface area is 175 Å². The largest absolute Gasteiger partial charge is 0.507 e. The number of ether oxygens (including phenoxy) is 2. The van der Waals surface area contributed by atoms with Crippen molar-refractivity contribution in [2.24, 2.45) is 0 Å². The van der Waals surface area contributed by atoms with Gasteiger partial charge in [0.25, 0.3) is 0 Å². The molecule has 3 N–H and O–H groups in total. The number of aryl methyl sites for hydroxylation is 2. The van der Waals surface area contributed by atoms with Crippen LogP contribution in [0.15, 0.2) is 24.3 Å². The van der Waals surface area contributed by atoms with Gasteiger partial charge in [0.05, 0.1) is 7.11 Å². The van der Waals surface area contributed by atoms with Gasteiger partial charge < -0.3 is 24.8 Å². The highest BCUT2D eigenvalue weighted by atomic mass is 16.5. The van der Waals surface area contributed by atoms with Gasteiger partial charge in [0, 0.05) is 12.1 Å². The lowest BCUT2D eigenvalue weighted by Gasteiger charge is -2.15. The standard InChI is InChI=1S/C23H28O7/c1-4-6-7-9-15-10-16(29-3)12-19(25)21(15)23(28)30-17-11-14(8-5-2)20(22(26)27)18(24)13-17/h10-13,24-25H,4-9H2,1-3H3,(H,26,27). The molecule has 162 valence electrons. The van der Waals surface area contributed by atoms with E-state index in [2.05, 4.69) is 6.92 Å². The van der Waals surface area contributed by atoms with Crippen LogP contribution < -0.4 is 9.47 Å². The number of methoxy groups -OCH3 is 1. The molecule has 0 radical (unpaired) electrons. The minimum atomic E-state index is -1.25. The first-order valence-electron chi connectivity index (χ1n) is 10.0. The summed E-state index contributed by atoms with van der Waals surface area (Å²) in [6, 6.07) is 5.56. The van der Waals surface area contributed by atoms with Crippen LogP contribution >= 0.6 is 0 Å². The zero-order chi connectivity index (χ0) is 22.3. The van der Waals surface area contributed by atoms with Gasteiger partial charge in [-0.05, 0) is 42.5 Å². The van der Waals surface area contributed by atoms with E-state index in [0.717, 1.165) is 25.3 Å². The Morgan fingerprint density at radius 2 is 1.43 bits per heavy atom. The van der Waals surface area contributed by atoms with Crippen LogP contribution in [0, 0.1) is 0 Å². The third-order valence-corrected chi connectivity index (χ3v) is 4.78. The first kappa shape index (κ1) is 23.1. The lowest BCUT2D eigenvalue weighted by atomic mass is 9.99. The van der Waals surface area contributed by atoms with Gasteiger partial charge in [-0.25, -0.2) is 9.59 Å². The van der Waals surface area contributed by atoms with Crippen molar-refractivity contribution < 1.29 is 34.4 Å². The van der Waals surface area contributed by atoms with Gasteiger partial charge in [-0.3, -0.25) is 0 Å². The van der Waals surface area contributed by atoms with E-state index in [0.29, 0.717) is 36.1 Å². The molecule has 0 aromatic heterocycles. The van der Waals surface area contributed by atoms with E-state index >= 15 is 0 Å². The normalized spacial score (nSPS) is 10.6. The number of carbonyl (C=O) groups is 2. The highest BCUT2D eigenvalue weighted by Gasteiger charge is 2.22. The number of rotatable bonds is 10. The summed E-state index contributed by atoms with van der Waals surface area (Å²) in [5.74, 6) is -2.32. The van der Waals surface area contributed by atoms with E-state index in [-0.39, 0.29) is 22.6 Å². The molecular weight excluding hydrogens is 388 g/mol. The number of hydrogen-bond acceptors (Lipinski definition) is 6. The Morgan fingerprint density at radius 3 is 2.03 bits per heavy atom. The SMILES string of the molecule is CCCCCc1cc(OC)cc(O)c1C(=O)Oc1cc(O)c(C(=O)O)c(CCC)c1. The molecule has 30 heavy (non-hydrogen) atoms. The fraction of sp³-hybridized carbons (Fsp3) is 0.391. The average molecular weight is 416 g/mol. The molecule has 0 fully saturated rings. The third-order valence-electron chi connectivity index (χ3n) is 4.78. The number of carboxylic acids is 1. The lowest BCUT2D eigenvalue weighted by molar-refractivity contribution is 0.0692. The van der Waals surface area contributed by atoms with Gasteiger partial charge in [-0.15, -0.1) is 0 Å². The summed E-state index contributed by atoms with van der Waals surface area (Å²) in [6.45, 7) is 3.94. The van der Waals surface area contributed by atoms with Crippen LogP contribution in [0.1, 0.15) is 71.4 Å². The smallest absolute Gasteiger partial charge is 0.347 e. The monoisotopic (exact) mass is 416 g/mol. The van der Waals surface area contributed by atoms with E-state index in [1.165, 1.54) is 19.2 Å². The Bertz CT molecular complexity index is 918. The highest BCUT2D eigenvalue weighted by Crippen LogP contribution is 2.33. The summed E-state index contributed by atoms with van der Waals surface area (Å²) in [5, 5.41) is 29.9. The minimum Gasteiger partial charge on any atom is -0.507 e. The average Bonchev–Trinajstić information content (AvgIpc) is 2.67. The number of unbranched alkanes of at least 4 members (excludes halogenated alkanes) is 2. The van der Waals surface area contributed by atoms with Crippen LogP contribution in [0.5, 0.6) is 23.0 Å². The van der Waals surface area contributed by atoms with Crippen molar-refractivity contribution in [3.8, 4) is 23.0 Å². The molecule has 7 nitrogen and oxygen atoms in total. The molecule has 0 atom stereocenters. The van der Waals surface area contributed by atoms with Crippen LogP contribution in [0.25, 0.3) is 0 Å². The number of carbonyl (C=O) groups excluding carboxylic acids is 1. The molecule has 0 saturated carbocycles. The van der Waals surface area contributed by atoms with Gasteiger partial charge in [0.15, 0.2) is 0 Å². The number of carboxylic acid groups (broad SMARTS) is 1. The molecular formula is C23H28O7. The molecule has 0 spiro atoms. The number of aromatic hydroxyl groups is 2. The fourth-order valence-corrected chi connectivity index (χ4v) is 3.36. The maximum absolute atomic E-state index is 12.9. The molecule has 0 bridgehead atoms. The van der Waals surface area contributed by atoms with Gasteiger partial charge in [0.2, 0.25) is 0 Å². The molecule has 0 aliphatic rings. The molecule has 0 aliphatic carbocycles. The van der Waals surface area contributed by atoms with E-state index < -0.39 is 17.7 Å². The molecule has 0 amide bonds. The van der Waals surface area contributed by atoms with Crippen molar-refractivity contribution >= 4 is 11.9 Å². The van der Waals surface area contributed by atoms with Crippen LogP contribution in [-0.2, 0) is 12.8 Å². The van der Waals surface area contributed by atoms with Crippen molar-refractivity contribution in [2.75, 3.05) is 7.11 Å². The molecule has 0 saturated heterocycles. The molecule has 2 aromatic carbocycles. The van der Waals surface area contributed by atoms with Crippen LogP contribution in [0.2, 0.25) is 0 Å². The quantitative estimate of drug-likeness (QED) is 0.292. The van der Waals surface area contributed by atoms with Crippen LogP contribution in [0.4, 0.5) is 0 Å². The predicted molar refractivity (Wildman–Crippen MR) is 112 cm³/mol. The maximum atomic E-state index is 12.9. The van der Waals surface area contributed by atoms with Gasteiger partial charge >= 0.3 is 11.9 Å². The Hall–Kier alpha value is -3.22. The number of esters is 1. The topological polar surface area (TPSA) is 113 Å². The number of aromatic carboxylic acids is 1. The summed E-state index contributed by atoms with van der Waals surface area (Å²) in [5.41, 5.74) is 0.801. The number of phenolic OH excluding ortho intramolecular Hbond substituents is 1. The van der Waals surface area contributed by atoms with Crippen molar-refractivity contribution in [1.82, 2.24) is 0 Å². The van der Waals surface area contributed by atoms with E-state index in [9.17, 15) is 24.9 Å². The summed E-state index contributed by atoms with van der Waals surface area (Å²) in [7, 11) is 1.48. The summed E-state index contributed by atoms with van der Waals surface area (Å²) in [6.07, 6.45) is 4.42. The number of benzene rings is 2. The second-order valence-corrected chi connectivity index (χ2v) is 7.06. The van der Waals surface area contributed by atoms with Crippen molar-refractivity contribution in [3.63, 3.8) is 0 Å². The maximum Gasteiger partial charge on any atom is 0.347 e. The van der Waals surface area contributed by atoms with E-state index in [1.807, 2.05) is 6.92 Å². The van der Waals surface area contributed by atoms with E-state index in [4.69, 9.17) is 9.47 Å². The van der Waals surface area contributed by atoms with Gasteiger partial charge in [-0.1, -0.05) is 33.1 Å². The molecule has 2 aromatic rings. The molecule has 0 unspecified atom stereocenters. The third kappa shape index (κ3) is 5.43. The van der Waals surface area contributed by atoms with Crippen molar-refractivity contribution in [2.45, 2.75) is 52.4 Å². The van der Waals surface area contributed by atoms with Gasteiger partial charge in [0.1, 0.15) is 34.1 Å². The van der Waals surface area contributed by atoms with Crippen LogP contribution in [-0.4, -0.2) is 34.4 Å². The van der Waals surface area contributed by atoms with E-state index in [1.54, 1.807) is 6.07 Å². The highest BCUT2D eigenvalue weighted by molar-refractivity contribution is 5.96. The lowest BCUT2D eigenvalue weighted by Crippen LogP contribution is -2.13. The molecule has 0 heterocycles.